The minimum atomic E-state index is -0.550. The number of hydrogen-bond acceptors (Lipinski definition) is 3. The van der Waals surface area contributed by atoms with Crippen molar-refractivity contribution in [2.75, 3.05) is 18.4 Å². The van der Waals surface area contributed by atoms with Crippen LogP contribution in [0.1, 0.15) is 6.42 Å². The van der Waals surface area contributed by atoms with Gasteiger partial charge in [-0.25, -0.2) is 4.39 Å². The van der Waals surface area contributed by atoms with E-state index in [4.69, 9.17) is 0 Å². The number of carbonyl (C=O) groups excluding carboxylic acids is 2. The second-order valence-corrected chi connectivity index (χ2v) is 4.03. The molecule has 1 aromatic carbocycles. The van der Waals surface area contributed by atoms with Gasteiger partial charge in [-0.3, -0.25) is 9.59 Å². The van der Waals surface area contributed by atoms with Crippen molar-refractivity contribution in [1.82, 2.24) is 10.6 Å². The van der Waals surface area contributed by atoms with Gasteiger partial charge in [-0.2, -0.15) is 0 Å². The van der Waals surface area contributed by atoms with Gasteiger partial charge in [0, 0.05) is 13.1 Å². The summed E-state index contributed by atoms with van der Waals surface area (Å²) in [5.41, 5.74) is 0.124. The van der Waals surface area contributed by atoms with Crippen LogP contribution in [0.15, 0.2) is 24.3 Å². The number of halogens is 1. The van der Waals surface area contributed by atoms with E-state index in [1.165, 1.54) is 12.1 Å². The van der Waals surface area contributed by atoms with Crippen LogP contribution in [0.5, 0.6) is 0 Å². The summed E-state index contributed by atoms with van der Waals surface area (Å²) < 4.78 is 13.3. The molecule has 1 heterocycles. The largest absolute Gasteiger partial charge is 0.353 e. The molecule has 96 valence electrons. The summed E-state index contributed by atoms with van der Waals surface area (Å²) in [6.07, 6.45) is -0.0137. The lowest BCUT2D eigenvalue weighted by molar-refractivity contribution is -0.127. The van der Waals surface area contributed by atoms with E-state index in [2.05, 4.69) is 16.0 Å². The van der Waals surface area contributed by atoms with Crippen molar-refractivity contribution in [2.24, 2.45) is 0 Å². The highest BCUT2D eigenvalue weighted by molar-refractivity contribution is 5.95. The van der Waals surface area contributed by atoms with E-state index < -0.39 is 17.8 Å². The van der Waals surface area contributed by atoms with Crippen molar-refractivity contribution in [3.8, 4) is 0 Å². The molecule has 0 bridgehead atoms. The zero-order chi connectivity index (χ0) is 13.0. The summed E-state index contributed by atoms with van der Waals surface area (Å²) in [7, 11) is 0. The van der Waals surface area contributed by atoms with Crippen molar-refractivity contribution >= 4 is 17.5 Å². The molecule has 18 heavy (non-hydrogen) atoms. The number of rotatable bonds is 3. The summed E-state index contributed by atoms with van der Waals surface area (Å²) in [5, 5.41) is 8.03. The number of nitrogens with one attached hydrogen (secondary N) is 3. The van der Waals surface area contributed by atoms with E-state index in [0.29, 0.717) is 13.1 Å². The fourth-order valence-corrected chi connectivity index (χ4v) is 1.76. The Bertz CT molecular complexity index is 464. The highest BCUT2D eigenvalue weighted by Crippen LogP contribution is 2.13. The first kappa shape index (κ1) is 12.5. The summed E-state index contributed by atoms with van der Waals surface area (Å²) in [5.74, 6) is -1.09. The lowest BCUT2D eigenvalue weighted by Crippen LogP contribution is -2.53. The quantitative estimate of drug-likeness (QED) is 0.721. The van der Waals surface area contributed by atoms with E-state index in [1.807, 2.05) is 0 Å². The number of benzene rings is 1. The second-order valence-electron chi connectivity index (χ2n) is 4.03. The maximum atomic E-state index is 13.3. The van der Waals surface area contributed by atoms with Crippen LogP contribution in [0.4, 0.5) is 10.1 Å². The fourth-order valence-electron chi connectivity index (χ4n) is 1.76. The van der Waals surface area contributed by atoms with Gasteiger partial charge in [0.25, 0.3) is 0 Å². The molecule has 0 aliphatic carbocycles. The van der Waals surface area contributed by atoms with Crippen LogP contribution in [0.3, 0.4) is 0 Å². The van der Waals surface area contributed by atoms with Gasteiger partial charge in [0.2, 0.25) is 11.8 Å². The zero-order valence-electron chi connectivity index (χ0n) is 9.70. The van der Waals surface area contributed by atoms with Gasteiger partial charge >= 0.3 is 0 Å². The molecule has 0 saturated carbocycles. The number of hydrogen-bond donors (Lipinski definition) is 3. The first-order valence-electron chi connectivity index (χ1n) is 5.72. The molecule has 0 spiro atoms. The average Bonchev–Trinajstić information content (AvgIpc) is 2.35. The highest BCUT2D eigenvalue weighted by atomic mass is 19.1. The third-order valence-electron chi connectivity index (χ3n) is 2.67. The normalized spacial score (nSPS) is 19.2. The van der Waals surface area contributed by atoms with Gasteiger partial charge in [0.1, 0.15) is 5.82 Å². The van der Waals surface area contributed by atoms with Crippen LogP contribution in [0.2, 0.25) is 0 Å². The van der Waals surface area contributed by atoms with Crippen LogP contribution in [-0.4, -0.2) is 30.9 Å². The van der Waals surface area contributed by atoms with Crippen LogP contribution >= 0.6 is 0 Å². The van der Waals surface area contributed by atoms with Crippen molar-refractivity contribution < 1.29 is 14.0 Å². The lowest BCUT2D eigenvalue weighted by atomic mass is 10.1. The molecule has 2 amide bonds. The molecule has 0 aromatic heterocycles. The molecule has 5 nitrogen and oxygen atoms in total. The monoisotopic (exact) mass is 251 g/mol. The average molecular weight is 251 g/mol. The molecule has 1 atom stereocenters. The SMILES string of the molecule is O=C(C[C@H]1NCCNC1=O)Nc1ccccc1F. The van der Waals surface area contributed by atoms with Crippen molar-refractivity contribution in [3.05, 3.63) is 30.1 Å². The number of anilines is 1. The van der Waals surface area contributed by atoms with Crippen LogP contribution in [-0.2, 0) is 9.59 Å². The minimum Gasteiger partial charge on any atom is -0.353 e. The number of para-hydroxylation sites is 1. The Morgan fingerprint density at radius 3 is 2.89 bits per heavy atom. The Morgan fingerprint density at radius 1 is 1.39 bits per heavy atom. The first-order valence-corrected chi connectivity index (χ1v) is 5.72. The third kappa shape index (κ3) is 3.04. The Kier molecular flexibility index (Phi) is 3.88. The Labute approximate surface area is 104 Å². The van der Waals surface area contributed by atoms with Crippen LogP contribution < -0.4 is 16.0 Å². The lowest BCUT2D eigenvalue weighted by Gasteiger charge is -2.22. The van der Waals surface area contributed by atoms with E-state index in [-0.39, 0.29) is 18.0 Å². The minimum absolute atomic E-state index is 0.0137. The summed E-state index contributed by atoms with van der Waals surface area (Å²) >= 11 is 0. The molecule has 0 unspecified atom stereocenters. The molecule has 0 radical (unpaired) electrons. The maximum Gasteiger partial charge on any atom is 0.237 e. The van der Waals surface area contributed by atoms with Gasteiger partial charge in [0.15, 0.2) is 0 Å². The smallest absolute Gasteiger partial charge is 0.237 e. The number of carbonyl (C=O) groups is 2. The van der Waals surface area contributed by atoms with Crippen molar-refractivity contribution in [3.63, 3.8) is 0 Å². The Hall–Kier alpha value is -1.95. The molecule has 1 aliphatic heterocycles. The third-order valence-corrected chi connectivity index (χ3v) is 2.67. The van der Waals surface area contributed by atoms with Gasteiger partial charge in [-0.1, -0.05) is 12.1 Å². The van der Waals surface area contributed by atoms with Gasteiger partial charge in [-0.05, 0) is 12.1 Å². The molecular formula is C12H14FN3O2. The molecule has 1 saturated heterocycles. The number of amides is 2. The number of piperazine rings is 1. The van der Waals surface area contributed by atoms with Crippen LogP contribution in [0.25, 0.3) is 0 Å². The molecule has 1 aromatic rings. The second kappa shape index (κ2) is 5.59. The molecule has 2 rings (SSSR count). The maximum absolute atomic E-state index is 13.3. The first-order chi connectivity index (χ1) is 8.66. The van der Waals surface area contributed by atoms with Crippen molar-refractivity contribution in [2.45, 2.75) is 12.5 Å². The van der Waals surface area contributed by atoms with Gasteiger partial charge < -0.3 is 16.0 Å². The van der Waals surface area contributed by atoms with Gasteiger partial charge in [-0.15, -0.1) is 0 Å². The zero-order valence-corrected chi connectivity index (χ0v) is 9.70. The Balaban J connectivity index is 1.92. The molecule has 3 N–H and O–H groups in total. The molecule has 1 aliphatic rings. The van der Waals surface area contributed by atoms with E-state index in [9.17, 15) is 14.0 Å². The summed E-state index contributed by atoms with van der Waals surface area (Å²) in [4.78, 5) is 23.1. The summed E-state index contributed by atoms with van der Waals surface area (Å²) in [6, 6.07) is 5.36. The predicted molar refractivity (Wildman–Crippen MR) is 64.4 cm³/mol. The van der Waals surface area contributed by atoms with E-state index in [1.54, 1.807) is 12.1 Å². The van der Waals surface area contributed by atoms with Crippen molar-refractivity contribution in [1.29, 1.82) is 0 Å². The topological polar surface area (TPSA) is 70.2 Å². The van der Waals surface area contributed by atoms with E-state index in [0.717, 1.165) is 0 Å². The van der Waals surface area contributed by atoms with Crippen LogP contribution in [0, 0.1) is 5.82 Å². The molecule has 1 fully saturated rings. The Morgan fingerprint density at radius 2 is 2.17 bits per heavy atom. The van der Waals surface area contributed by atoms with E-state index >= 15 is 0 Å². The highest BCUT2D eigenvalue weighted by Gasteiger charge is 2.24. The predicted octanol–water partition coefficient (Wildman–Crippen LogP) is 0.242. The summed E-state index contributed by atoms with van der Waals surface area (Å²) in [6.45, 7) is 1.19. The fraction of sp³-hybridized carbons (Fsp3) is 0.333. The van der Waals surface area contributed by atoms with Gasteiger partial charge in [0.05, 0.1) is 18.2 Å². The standard InChI is InChI=1S/C12H14FN3O2/c13-8-3-1-2-4-9(8)16-11(17)7-10-12(18)15-6-5-14-10/h1-4,10,14H,5-7H2,(H,15,18)(H,16,17)/t10-/m1/s1. The molecular weight excluding hydrogens is 237 g/mol. The molecule has 6 heteroatoms.